The third kappa shape index (κ3) is 3.30. The molecule has 92 valence electrons. The number of aromatic nitrogens is 3. The summed E-state index contributed by atoms with van der Waals surface area (Å²) >= 11 is 0. The van der Waals surface area contributed by atoms with Crippen molar-refractivity contribution in [1.82, 2.24) is 20.1 Å². The lowest BCUT2D eigenvalue weighted by molar-refractivity contribution is 0.323. The maximum absolute atomic E-state index is 4.44. The Hall–Kier alpha value is -0.900. The molecule has 1 aromatic rings. The van der Waals surface area contributed by atoms with Gasteiger partial charge >= 0.3 is 0 Å². The van der Waals surface area contributed by atoms with Crippen molar-refractivity contribution in [2.24, 2.45) is 5.92 Å². The highest BCUT2D eigenvalue weighted by Gasteiger charge is 2.17. The minimum atomic E-state index is 0.382. The molecule has 0 amide bonds. The molecule has 16 heavy (non-hydrogen) atoms. The zero-order chi connectivity index (χ0) is 12.3. The van der Waals surface area contributed by atoms with Gasteiger partial charge in [-0.15, -0.1) is 0 Å². The van der Waals surface area contributed by atoms with Crippen molar-refractivity contribution in [2.45, 2.75) is 53.6 Å². The normalized spacial score (nSPS) is 15.4. The minimum absolute atomic E-state index is 0.382. The molecule has 1 aromatic heterocycles. The van der Waals surface area contributed by atoms with E-state index in [1.807, 2.05) is 18.5 Å². The van der Waals surface area contributed by atoms with Gasteiger partial charge in [-0.1, -0.05) is 20.8 Å². The Kier molecular flexibility index (Phi) is 4.47. The van der Waals surface area contributed by atoms with Gasteiger partial charge in [-0.05, 0) is 33.2 Å². The Morgan fingerprint density at radius 3 is 2.25 bits per heavy atom. The molecule has 0 saturated heterocycles. The van der Waals surface area contributed by atoms with Crippen molar-refractivity contribution in [3.05, 3.63) is 11.6 Å². The second kappa shape index (κ2) is 5.43. The van der Waals surface area contributed by atoms with Crippen LogP contribution in [0.2, 0.25) is 0 Å². The van der Waals surface area contributed by atoms with Gasteiger partial charge in [0, 0.05) is 6.04 Å². The average molecular weight is 224 g/mol. The topological polar surface area (TPSA) is 42.7 Å². The van der Waals surface area contributed by atoms with Crippen molar-refractivity contribution in [3.8, 4) is 0 Å². The number of aryl methyl sites for hydroxylation is 2. The Labute approximate surface area is 98.5 Å². The van der Waals surface area contributed by atoms with Crippen molar-refractivity contribution >= 4 is 0 Å². The van der Waals surface area contributed by atoms with Gasteiger partial charge in [-0.3, -0.25) is 0 Å². The molecular formula is C12H24N4. The molecule has 2 unspecified atom stereocenters. The van der Waals surface area contributed by atoms with Gasteiger partial charge < -0.3 is 5.32 Å². The molecular weight excluding hydrogens is 200 g/mol. The Morgan fingerprint density at radius 1 is 1.19 bits per heavy atom. The first-order valence-corrected chi connectivity index (χ1v) is 6.05. The van der Waals surface area contributed by atoms with Gasteiger partial charge in [0.1, 0.15) is 11.6 Å². The zero-order valence-corrected chi connectivity index (χ0v) is 11.3. The third-order valence-corrected chi connectivity index (χ3v) is 2.96. The van der Waals surface area contributed by atoms with E-state index in [1.54, 1.807) is 0 Å². The molecule has 0 saturated carbocycles. The molecule has 2 atom stereocenters. The predicted molar refractivity (Wildman–Crippen MR) is 66.5 cm³/mol. The highest BCUT2D eigenvalue weighted by molar-refractivity contribution is 4.90. The zero-order valence-electron chi connectivity index (χ0n) is 11.3. The number of rotatable bonds is 5. The van der Waals surface area contributed by atoms with Crippen LogP contribution in [-0.2, 0) is 0 Å². The second-order valence-corrected chi connectivity index (χ2v) is 4.93. The van der Waals surface area contributed by atoms with E-state index < -0.39 is 0 Å². The van der Waals surface area contributed by atoms with Crippen LogP contribution in [0.5, 0.6) is 0 Å². The van der Waals surface area contributed by atoms with Crippen LogP contribution in [0.25, 0.3) is 0 Å². The van der Waals surface area contributed by atoms with Crippen LogP contribution in [0, 0.1) is 19.8 Å². The monoisotopic (exact) mass is 224 g/mol. The van der Waals surface area contributed by atoms with E-state index in [4.69, 9.17) is 0 Å². The van der Waals surface area contributed by atoms with Crippen LogP contribution in [0.3, 0.4) is 0 Å². The molecule has 1 rings (SSSR count). The molecule has 4 heteroatoms. The molecule has 0 radical (unpaired) electrons. The molecule has 0 bridgehead atoms. The minimum Gasteiger partial charge on any atom is -0.314 e. The second-order valence-electron chi connectivity index (χ2n) is 4.93. The smallest absolute Gasteiger partial charge is 0.147 e. The summed E-state index contributed by atoms with van der Waals surface area (Å²) in [6.07, 6.45) is 0. The van der Waals surface area contributed by atoms with Crippen molar-refractivity contribution in [1.29, 1.82) is 0 Å². The summed E-state index contributed by atoms with van der Waals surface area (Å²) in [5, 5.41) is 7.90. The molecule has 0 aromatic carbocycles. The van der Waals surface area contributed by atoms with Gasteiger partial charge in [0.25, 0.3) is 0 Å². The van der Waals surface area contributed by atoms with E-state index in [9.17, 15) is 0 Å². The molecule has 1 heterocycles. The van der Waals surface area contributed by atoms with Crippen LogP contribution in [0.4, 0.5) is 0 Å². The SMILES string of the molecule is Cc1nc(C)n(C(C)C(C)CNC(C)C)n1. The fraction of sp³-hybridized carbons (Fsp3) is 0.833. The molecule has 0 fully saturated rings. The van der Waals surface area contributed by atoms with E-state index in [-0.39, 0.29) is 0 Å². The quantitative estimate of drug-likeness (QED) is 0.833. The molecule has 0 aliphatic heterocycles. The number of hydrogen-bond donors (Lipinski definition) is 1. The summed E-state index contributed by atoms with van der Waals surface area (Å²) < 4.78 is 2.03. The summed E-state index contributed by atoms with van der Waals surface area (Å²) in [5.41, 5.74) is 0. The molecule has 0 spiro atoms. The van der Waals surface area contributed by atoms with E-state index in [1.165, 1.54) is 0 Å². The molecule has 0 aliphatic rings. The number of nitrogens with one attached hydrogen (secondary N) is 1. The molecule has 0 aliphatic carbocycles. The fourth-order valence-electron chi connectivity index (χ4n) is 1.75. The first-order valence-electron chi connectivity index (χ1n) is 6.05. The number of hydrogen-bond acceptors (Lipinski definition) is 3. The average Bonchev–Trinajstić information content (AvgIpc) is 2.53. The lowest BCUT2D eigenvalue weighted by Crippen LogP contribution is -2.31. The first-order chi connectivity index (χ1) is 7.41. The van der Waals surface area contributed by atoms with Gasteiger partial charge in [-0.25, -0.2) is 9.67 Å². The largest absolute Gasteiger partial charge is 0.314 e. The summed E-state index contributed by atoms with van der Waals surface area (Å²) in [6.45, 7) is 13.7. The van der Waals surface area contributed by atoms with Crippen LogP contribution in [-0.4, -0.2) is 27.4 Å². The van der Waals surface area contributed by atoms with Crippen molar-refractivity contribution in [3.63, 3.8) is 0 Å². The van der Waals surface area contributed by atoms with Crippen LogP contribution >= 0.6 is 0 Å². The first kappa shape index (κ1) is 13.2. The summed E-state index contributed by atoms with van der Waals surface area (Å²) in [5.74, 6) is 2.40. The van der Waals surface area contributed by atoms with Gasteiger partial charge in [-0.2, -0.15) is 5.10 Å². The summed E-state index contributed by atoms with van der Waals surface area (Å²) in [6, 6.07) is 0.917. The van der Waals surface area contributed by atoms with Gasteiger partial charge in [0.15, 0.2) is 0 Å². The van der Waals surface area contributed by atoms with E-state index >= 15 is 0 Å². The van der Waals surface area contributed by atoms with Crippen LogP contribution < -0.4 is 5.32 Å². The standard InChI is InChI=1S/C12H24N4/c1-8(2)13-7-9(3)10(4)16-12(6)14-11(5)15-16/h8-10,13H,7H2,1-6H3. The van der Waals surface area contributed by atoms with E-state index in [0.29, 0.717) is 18.0 Å². The lowest BCUT2D eigenvalue weighted by atomic mass is 10.0. The summed E-state index contributed by atoms with van der Waals surface area (Å²) in [7, 11) is 0. The highest BCUT2D eigenvalue weighted by atomic mass is 15.4. The van der Waals surface area contributed by atoms with E-state index in [2.05, 4.69) is 43.1 Å². The fourth-order valence-corrected chi connectivity index (χ4v) is 1.75. The predicted octanol–water partition coefficient (Wildman–Crippen LogP) is 2.09. The van der Waals surface area contributed by atoms with Crippen LogP contribution in [0.15, 0.2) is 0 Å². The highest BCUT2D eigenvalue weighted by Crippen LogP contribution is 2.17. The van der Waals surface area contributed by atoms with Crippen molar-refractivity contribution in [2.75, 3.05) is 6.54 Å². The summed E-state index contributed by atoms with van der Waals surface area (Å²) in [4.78, 5) is 4.34. The molecule has 4 nitrogen and oxygen atoms in total. The Bertz CT molecular complexity index is 330. The molecule has 1 N–H and O–H groups in total. The van der Waals surface area contributed by atoms with Gasteiger partial charge in [0.05, 0.1) is 6.04 Å². The Morgan fingerprint density at radius 2 is 1.81 bits per heavy atom. The Balaban J connectivity index is 2.63. The lowest BCUT2D eigenvalue weighted by Gasteiger charge is -2.22. The van der Waals surface area contributed by atoms with Crippen LogP contribution in [0.1, 0.15) is 45.4 Å². The number of nitrogens with zero attached hydrogens (tertiary/aromatic N) is 3. The van der Waals surface area contributed by atoms with E-state index in [0.717, 1.165) is 18.2 Å². The maximum atomic E-state index is 4.44. The van der Waals surface area contributed by atoms with Gasteiger partial charge in [0.2, 0.25) is 0 Å². The third-order valence-electron chi connectivity index (χ3n) is 2.96. The maximum Gasteiger partial charge on any atom is 0.147 e. The van der Waals surface area contributed by atoms with Crippen molar-refractivity contribution < 1.29 is 0 Å².